The Bertz CT molecular complexity index is 1940. The number of carbonyl (C=O) groups excluding carboxylic acids is 2. The predicted molar refractivity (Wildman–Crippen MR) is 172 cm³/mol. The summed E-state index contributed by atoms with van der Waals surface area (Å²) in [7, 11) is 4.18. The summed E-state index contributed by atoms with van der Waals surface area (Å²) in [4.78, 5) is 49.1. The predicted octanol–water partition coefficient (Wildman–Crippen LogP) is 4.49. The van der Waals surface area contributed by atoms with Crippen molar-refractivity contribution in [2.45, 2.75) is 25.4 Å². The summed E-state index contributed by atoms with van der Waals surface area (Å²) in [6, 6.07) is 13.3. The standard InChI is InChI=1S/C32H30Cl2FN5O5/c1-39-16-23(31(43)40(2)32(39)44)30(42)38-25-9-5-8-21(29(25)34)20-7-4-6-19(28(20)33)17-12-24(35)22(26(13-17)45-3)15-36-14-18-10-11-27(41)37-18/h4-9,12-13,16,18,36H,10-11,14-15H2,1-3H3,(H,37,41)(H,38,42)/t18-/m0/s1. The third-order valence-electron chi connectivity index (χ3n) is 7.69. The van der Waals surface area contributed by atoms with Crippen molar-refractivity contribution in [2.75, 3.05) is 19.0 Å². The molecule has 0 aliphatic carbocycles. The molecule has 0 bridgehead atoms. The Morgan fingerprint density at radius 1 is 1.04 bits per heavy atom. The van der Waals surface area contributed by atoms with Gasteiger partial charge in [0, 0.05) is 68.1 Å². The SMILES string of the molecule is COc1cc(-c2cccc(-c3cccc(NC(=O)c4cn(C)c(=O)n(C)c4=O)c3Cl)c2Cl)cc(F)c1CNC[C@@H]1CCC(=O)N1. The zero-order valence-electron chi connectivity index (χ0n) is 24.7. The lowest BCUT2D eigenvalue weighted by Crippen LogP contribution is -2.40. The van der Waals surface area contributed by atoms with E-state index in [9.17, 15) is 19.2 Å². The Morgan fingerprint density at radius 3 is 2.42 bits per heavy atom. The van der Waals surface area contributed by atoms with E-state index in [1.807, 2.05) is 0 Å². The number of benzene rings is 3. The van der Waals surface area contributed by atoms with Gasteiger partial charge in [0.15, 0.2) is 0 Å². The smallest absolute Gasteiger partial charge is 0.330 e. The van der Waals surface area contributed by atoms with E-state index in [0.717, 1.165) is 15.6 Å². The number of aromatic nitrogens is 2. The molecule has 0 spiro atoms. The molecule has 4 aromatic rings. The summed E-state index contributed by atoms with van der Waals surface area (Å²) in [5.74, 6) is -0.877. The van der Waals surface area contributed by atoms with Crippen LogP contribution in [0.4, 0.5) is 10.1 Å². The van der Waals surface area contributed by atoms with E-state index in [1.54, 1.807) is 42.5 Å². The van der Waals surface area contributed by atoms with Crippen LogP contribution in [0.2, 0.25) is 10.0 Å². The van der Waals surface area contributed by atoms with Crippen molar-refractivity contribution in [2.24, 2.45) is 14.1 Å². The molecule has 5 rings (SSSR count). The van der Waals surface area contributed by atoms with E-state index in [-0.39, 0.29) is 34.8 Å². The lowest BCUT2D eigenvalue weighted by molar-refractivity contribution is -0.119. The lowest BCUT2D eigenvalue weighted by Gasteiger charge is -2.17. The van der Waals surface area contributed by atoms with Gasteiger partial charge in [-0.3, -0.25) is 19.0 Å². The van der Waals surface area contributed by atoms with E-state index < -0.39 is 23.0 Å². The molecule has 3 N–H and O–H groups in total. The fraction of sp³-hybridized carbons (Fsp3) is 0.250. The van der Waals surface area contributed by atoms with Gasteiger partial charge in [-0.05, 0) is 30.2 Å². The molecule has 234 valence electrons. The van der Waals surface area contributed by atoms with Crippen LogP contribution in [0.1, 0.15) is 28.8 Å². The minimum absolute atomic E-state index is 0.00643. The van der Waals surface area contributed by atoms with Gasteiger partial charge in [-0.2, -0.15) is 0 Å². The largest absolute Gasteiger partial charge is 0.496 e. The number of methoxy groups -OCH3 is 1. The fourth-order valence-corrected chi connectivity index (χ4v) is 5.89. The number of aryl methyl sites for hydroxylation is 1. The first-order valence-electron chi connectivity index (χ1n) is 14.0. The maximum Gasteiger partial charge on any atom is 0.330 e. The average Bonchev–Trinajstić information content (AvgIpc) is 3.44. The van der Waals surface area contributed by atoms with E-state index >= 15 is 4.39 Å². The minimum Gasteiger partial charge on any atom is -0.496 e. The van der Waals surface area contributed by atoms with Crippen LogP contribution in [-0.4, -0.2) is 40.6 Å². The van der Waals surface area contributed by atoms with Crippen molar-refractivity contribution in [1.82, 2.24) is 19.8 Å². The highest BCUT2D eigenvalue weighted by atomic mass is 35.5. The number of hydrogen-bond donors (Lipinski definition) is 3. The third kappa shape index (κ3) is 6.51. The number of nitrogens with zero attached hydrogens (tertiary/aromatic N) is 2. The molecule has 0 saturated carbocycles. The van der Waals surface area contributed by atoms with Crippen LogP contribution >= 0.6 is 23.2 Å². The second-order valence-corrected chi connectivity index (χ2v) is 11.4. The lowest BCUT2D eigenvalue weighted by atomic mass is 9.97. The Balaban J connectivity index is 1.42. The van der Waals surface area contributed by atoms with Gasteiger partial charge in [0.1, 0.15) is 17.1 Å². The van der Waals surface area contributed by atoms with E-state index in [1.165, 1.54) is 33.5 Å². The summed E-state index contributed by atoms with van der Waals surface area (Å²) < 4.78 is 22.9. The van der Waals surface area contributed by atoms with E-state index in [0.29, 0.717) is 51.6 Å². The molecule has 45 heavy (non-hydrogen) atoms. The molecule has 0 radical (unpaired) electrons. The van der Waals surface area contributed by atoms with E-state index in [2.05, 4.69) is 16.0 Å². The quantitative estimate of drug-likeness (QED) is 0.245. The monoisotopic (exact) mass is 653 g/mol. The second-order valence-electron chi connectivity index (χ2n) is 10.7. The fourth-order valence-electron chi connectivity index (χ4n) is 5.28. The number of anilines is 1. The molecule has 0 unspecified atom stereocenters. The number of rotatable bonds is 9. The van der Waals surface area contributed by atoms with Gasteiger partial charge in [0.05, 0.1) is 22.8 Å². The molecule has 1 atom stereocenters. The Hall–Kier alpha value is -4.45. The molecule has 1 aliphatic rings. The first kappa shape index (κ1) is 32.0. The number of amides is 2. The molecule has 13 heteroatoms. The number of ether oxygens (including phenoxy) is 1. The number of halogens is 3. The first-order chi connectivity index (χ1) is 21.5. The summed E-state index contributed by atoms with van der Waals surface area (Å²) in [5, 5.41) is 9.16. The molecule has 10 nitrogen and oxygen atoms in total. The van der Waals surface area contributed by atoms with Crippen molar-refractivity contribution in [3.63, 3.8) is 0 Å². The summed E-state index contributed by atoms with van der Waals surface area (Å²) in [6.45, 7) is 0.709. The molecule has 1 saturated heterocycles. The third-order valence-corrected chi connectivity index (χ3v) is 8.50. The number of nitrogens with one attached hydrogen (secondary N) is 3. The normalized spacial score (nSPS) is 14.4. The summed E-state index contributed by atoms with van der Waals surface area (Å²) in [6.07, 6.45) is 2.39. The summed E-state index contributed by atoms with van der Waals surface area (Å²) >= 11 is 13.6. The highest BCUT2D eigenvalue weighted by molar-refractivity contribution is 6.39. The molecule has 1 aromatic heterocycles. The van der Waals surface area contributed by atoms with Gasteiger partial charge in [0.25, 0.3) is 11.5 Å². The zero-order chi connectivity index (χ0) is 32.4. The van der Waals surface area contributed by atoms with Crippen molar-refractivity contribution in [1.29, 1.82) is 0 Å². The molecule has 2 heterocycles. The van der Waals surface area contributed by atoms with Crippen molar-refractivity contribution in [3.05, 3.63) is 103 Å². The molecular formula is C32H30Cl2FN5O5. The second kappa shape index (κ2) is 13.3. The van der Waals surface area contributed by atoms with Gasteiger partial charge < -0.3 is 25.3 Å². The topological polar surface area (TPSA) is 123 Å². The Kier molecular flexibility index (Phi) is 9.42. The van der Waals surface area contributed by atoms with Crippen LogP contribution in [0.15, 0.2) is 64.3 Å². The maximum absolute atomic E-state index is 15.4. The molecule has 1 fully saturated rings. The first-order valence-corrected chi connectivity index (χ1v) is 14.8. The van der Waals surface area contributed by atoms with E-state index in [4.69, 9.17) is 27.9 Å². The molecule has 1 aliphatic heterocycles. The zero-order valence-corrected chi connectivity index (χ0v) is 26.2. The Labute approximate surface area is 267 Å². The van der Waals surface area contributed by atoms with Crippen LogP contribution in [0, 0.1) is 5.82 Å². The van der Waals surface area contributed by atoms with Gasteiger partial charge >= 0.3 is 5.69 Å². The van der Waals surface area contributed by atoms with Crippen molar-refractivity contribution in [3.8, 4) is 28.0 Å². The molecule has 2 amide bonds. The van der Waals surface area contributed by atoms with Gasteiger partial charge in [0.2, 0.25) is 5.91 Å². The minimum atomic E-state index is -0.745. The molecular weight excluding hydrogens is 624 g/mol. The Morgan fingerprint density at radius 2 is 1.73 bits per heavy atom. The number of carbonyl (C=O) groups is 2. The van der Waals surface area contributed by atoms with Gasteiger partial charge in [-0.15, -0.1) is 0 Å². The highest BCUT2D eigenvalue weighted by Crippen LogP contribution is 2.42. The number of hydrogen-bond acceptors (Lipinski definition) is 6. The highest BCUT2D eigenvalue weighted by Gasteiger charge is 2.22. The molecule has 3 aromatic carbocycles. The van der Waals surface area contributed by atoms with Crippen molar-refractivity contribution < 1.29 is 18.7 Å². The van der Waals surface area contributed by atoms with Crippen LogP contribution in [-0.2, 0) is 25.4 Å². The van der Waals surface area contributed by atoms with Crippen molar-refractivity contribution >= 4 is 40.7 Å². The maximum atomic E-state index is 15.4. The van der Waals surface area contributed by atoms with Crippen LogP contribution in [0.25, 0.3) is 22.3 Å². The summed E-state index contributed by atoms with van der Waals surface area (Å²) in [5.41, 5.74) is 1.04. The van der Waals surface area contributed by atoms with Crippen LogP contribution in [0.5, 0.6) is 5.75 Å². The van der Waals surface area contributed by atoms with Gasteiger partial charge in [-0.25, -0.2) is 9.18 Å². The van der Waals surface area contributed by atoms with Gasteiger partial charge in [-0.1, -0.05) is 53.5 Å². The van der Waals surface area contributed by atoms with Crippen LogP contribution in [0.3, 0.4) is 0 Å². The van der Waals surface area contributed by atoms with Crippen LogP contribution < -0.4 is 31.9 Å². The average molecular weight is 655 g/mol.